The molecule has 1 aromatic heterocycles. The van der Waals surface area contributed by atoms with Crippen molar-refractivity contribution in [3.63, 3.8) is 0 Å². The van der Waals surface area contributed by atoms with Crippen LogP contribution in [0.2, 0.25) is 0 Å². The van der Waals surface area contributed by atoms with E-state index in [1.54, 1.807) is 19.5 Å². The monoisotopic (exact) mass is 318 g/mol. The van der Waals surface area contributed by atoms with Crippen molar-refractivity contribution in [1.82, 2.24) is 9.88 Å². The predicted molar refractivity (Wildman–Crippen MR) is 87.0 cm³/mol. The Balaban J connectivity index is 1.57. The number of nitrogens with zero attached hydrogens (tertiary/aromatic N) is 2. The van der Waals surface area contributed by atoms with Gasteiger partial charge in [0.1, 0.15) is 0 Å². The molecule has 0 N–H and O–H groups in total. The molecular weight excluding hydrogens is 292 g/mol. The van der Waals surface area contributed by atoms with Crippen molar-refractivity contribution in [1.29, 1.82) is 0 Å². The second-order valence-corrected chi connectivity index (χ2v) is 6.80. The summed E-state index contributed by atoms with van der Waals surface area (Å²) in [5, 5.41) is 0. The smallest absolute Gasteiger partial charge is 0.227 e. The standard InChI is InChI=1S/C18H26N2O3/c1-22-10-5-16-12-18(23-13-16)6-2-9-20(14-18)17(21)11-15-3-7-19-8-4-15/h3-4,7-8,16H,2,5-6,9-14H2,1H3/t16-,18+/m1/s1. The maximum atomic E-state index is 12.6. The first-order chi connectivity index (χ1) is 11.2. The van der Waals surface area contributed by atoms with E-state index in [4.69, 9.17) is 9.47 Å². The molecule has 3 rings (SSSR count). The van der Waals surface area contributed by atoms with E-state index in [2.05, 4.69) is 4.98 Å². The lowest BCUT2D eigenvalue weighted by Crippen LogP contribution is -2.50. The first kappa shape index (κ1) is 16.4. The maximum absolute atomic E-state index is 12.6. The molecule has 2 saturated heterocycles. The van der Waals surface area contributed by atoms with E-state index in [0.29, 0.717) is 12.3 Å². The summed E-state index contributed by atoms with van der Waals surface area (Å²) in [6, 6.07) is 3.81. The fraction of sp³-hybridized carbons (Fsp3) is 0.667. The van der Waals surface area contributed by atoms with Gasteiger partial charge in [0.15, 0.2) is 0 Å². The highest BCUT2D eigenvalue weighted by Crippen LogP contribution is 2.38. The predicted octanol–water partition coefficient (Wildman–Crippen LogP) is 2.06. The minimum Gasteiger partial charge on any atom is -0.385 e. The molecule has 0 saturated carbocycles. The van der Waals surface area contributed by atoms with Crippen molar-refractivity contribution < 1.29 is 14.3 Å². The molecule has 0 unspecified atom stereocenters. The van der Waals surface area contributed by atoms with Crippen LogP contribution in [-0.4, -0.2) is 54.8 Å². The summed E-state index contributed by atoms with van der Waals surface area (Å²) in [5.41, 5.74) is 0.903. The average Bonchev–Trinajstić information content (AvgIpc) is 2.96. The number of methoxy groups -OCH3 is 1. The van der Waals surface area contributed by atoms with Gasteiger partial charge in [0, 0.05) is 39.2 Å². The molecule has 2 atom stereocenters. The van der Waals surface area contributed by atoms with Gasteiger partial charge in [-0.1, -0.05) is 0 Å². The van der Waals surface area contributed by atoms with Gasteiger partial charge in [-0.3, -0.25) is 9.78 Å². The number of likely N-dealkylation sites (tertiary alicyclic amines) is 1. The number of ether oxygens (including phenoxy) is 2. The summed E-state index contributed by atoms with van der Waals surface area (Å²) < 4.78 is 11.3. The SMILES string of the molecule is COCC[C@H]1CO[C@@]2(CCCN(C(=O)Cc3ccncc3)C2)C1. The molecule has 1 amide bonds. The average molecular weight is 318 g/mol. The van der Waals surface area contributed by atoms with Gasteiger partial charge in [0.25, 0.3) is 0 Å². The van der Waals surface area contributed by atoms with Crippen molar-refractivity contribution in [2.45, 2.75) is 37.7 Å². The number of carbonyl (C=O) groups excluding carboxylic acids is 1. The van der Waals surface area contributed by atoms with Gasteiger partial charge in [-0.05, 0) is 49.3 Å². The van der Waals surface area contributed by atoms with Crippen LogP contribution in [0.5, 0.6) is 0 Å². The van der Waals surface area contributed by atoms with Crippen LogP contribution >= 0.6 is 0 Å². The number of piperidine rings is 1. The third kappa shape index (κ3) is 4.09. The molecular formula is C18H26N2O3. The molecule has 1 aromatic rings. The highest BCUT2D eigenvalue weighted by Gasteiger charge is 2.44. The minimum atomic E-state index is -0.120. The number of hydrogen-bond donors (Lipinski definition) is 0. The van der Waals surface area contributed by atoms with Crippen LogP contribution in [0.1, 0.15) is 31.2 Å². The Morgan fingerprint density at radius 1 is 1.48 bits per heavy atom. The number of hydrogen-bond acceptors (Lipinski definition) is 4. The molecule has 0 aromatic carbocycles. The van der Waals surface area contributed by atoms with E-state index in [0.717, 1.165) is 57.6 Å². The molecule has 23 heavy (non-hydrogen) atoms. The van der Waals surface area contributed by atoms with Crippen molar-refractivity contribution in [2.75, 3.05) is 33.4 Å². The summed E-state index contributed by atoms with van der Waals surface area (Å²) in [5.74, 6) is 0.754. The molecule has 0 radical (unpaired) electrons. The third-order valence-electron chi connectivity index (χ3n) is 5.01. The lowest BCUT2D eigenvalue weighted by atomic mass is 9.85. The van der Waals surface area contributed by atoms with E-state index in [1.165, 1.54) is 0 Å². The van der Waals surface area contributed by atoms with Gasteiger partial charge in [0.05, 0.1) is 18.6 Å². The summed E-state index contributed by atoms with van der Waals surface area (Å²) in [4.78, 5) is 18.6. The van der Waals surface area contributed by atoms with Gasteiger partial charge < -0.3 is 14.4 Å². The molecule has 2 aliphatic rings. The van der Waals surface area contributed by atoms with Crippen molar-refractivity contribution >= 4 is 5.91 Å². The second-order valence-electron chi connectivity index (χ2n) is 6.80. The van der Waals surface area contributed by atoms with E-state index in [-0.39, 0.29) is 11.5 Å². The largest absolute Gasteiger partial charge is 0.385 e. The fourth-order valence-electron chi connectivity index (χ4n) is 3.79. The van der Waals surface area contributed by atoms with Crippen molar-refractivity contribution in [3.05, 3.63) is 30.1 Å². The first-order valence-electron chi connectivity index (χ1n) is 8.50. The van der Waals surface area contributed by atoms with Crippen molar-refractivity contribution in [3.8, 4) is 0 Å². The summed E-state index contributed by atoms with van der Waals surface area (Å²) in [6.45, 7) is 3.17. The highest BCUT2D eigenvalue weighted by atomic mass is 16.5. The summed E-state index contributed by atoms with van der Waals surface area (Å²) >= 11 is 0. The lowest BCUT2D eigenvalue weighted by molar-refractivity contribution is -0.138. The van der Waals surface area contributed by atoms with Crippen molar-refractivity contribution in [2.24, 2.45) is 5.92 Å². The van der Waals surface area contributed by atoms with E-state index >= 15 is 0 Å². The van der Waals surface area contributed by atoms with E-state index in [9.17, 15) is 4.79 Å². The molecule has 2 aliphatic heterocycles. The molecule has 2 fully saturated rings. The number of pyridine rings is 1. The third-order valence-corrected chi connectivity index (χ3v) is 5.01. The Labute approximate surface area is 138 Å². The molecule has 5 nitrogen and oxygen atoms in total. The van der Waals surface area contributed by atoms with Gasteiger partial charge in [0.2, 0.25) is 5.91 Å². The Bertz CT molecular complexity index is 522. The number of carbonyl (C=O) groups is 1. The minimum absolute atomic E-state index is 0.120. The fourth-order valence-corrected chi connectivity index (χ4v) is 3.79. The highest BCUT2D eigenvalue weighted by molar-refractivity contribution is 5.79. The van der Waals surface area contributed by atoms with Crippen LogP contribution in [0.4, 0.5) is 0 Å². The molecule has 0 bridgehead atoms. The number of rotatable bonds is 5. The summed E-state index contributed by atoms with van der Waals surface area (Å²) in [7, 11) is 1.74. The second kappa shape index (κ2) is 7.41. The Kier molecular flexibility index (Phi) is 5.28. The van der Waals surface area contributed by atoms with Crippen LogP contribution in [0.25, 0.3) is 0 Å². The molecule has 126 valence electrons. The Hall–Kier alpha value is -1.46. The molecule has 3 heterocycles. The van der Waals surface area contributed by atoms with Gasteiger partial charge in [-0.2, -0.15) is 0 Å². The Morgan fingerprint density at radius 2 is 2.30 bits per heavy atom. The van der Waals surface area contributed by atoms with Gasteiger partial charge in [-0.15, -0.1) is 0 Å². The van der Waals surface area contributed by atoms with Crippen LogP contribution in [0, 0.1) is 5.92 Å². The zero-order valence-electron chi connectivity index (χ0n) is 13.9. The maximum Gasteiger partial charge on any atom is 0.227 e. The molecule has 0 aliphatic carbocycles. The van der Waals surface area contributed by atoms with E-state index < -0.39 is 0 Å². The summed E-state index contributed by atoms with van der Waals surface area (Å²) in [6.07, 6.45) is 8.11. The zero-order chi connectivity index (χ0) is 16.1. The van der Waals surface area contributed by atoms with Crippen LogP contribution < -0.4 is 0 Å². The number of amides is 1. The lowest BCUT2D eigenvalue weighted by Gasteiger charge is -2.40. The molecule has 5 heteroatoms. The van der Waals surface area contributed by atoms with Gasteiger partial charge in [-0.25, -0.2) is 0 Å². The zero-order valence-corrected chi connectivity index (χ0v) is 13.9. The van der Waals surface area contributed by atoms with Crippen LogP contribution in [0.15, 0.2) is 24.5 Å². The van der Waals surface area contributed by atoms with E-state index in [1.807, 2.05) is 17.0 Å². The topological polar surface area (TPSA) is 51.7 Å². The van der Waals surface area contributed by atoms with Gasteiger partial charge >= 0.3 is 0 Å². The quantitative estimate of drug-likeness (QED) is 0.834. The first-order valence-corrected chi connectivity index (χ1v) is 8.50. The van der Waals surface area contributed by atoms with Crippen LogP contribution in [0.3, 0.4) is 0 Å². The number of aromatic nitrogens is 1. The normalized spacial score (nSPS) is 27.5. The molecule has 1 spiro atoms. The Morgan fingerprint density at radius 3 is 3.09 bits per heavy atom. The van der Waals surface area contributed by atoms with Crippen LogP contribution in [-0.2, 0) is 20.7 Å².